The molecular weight excluding hydrogens is 528 g/mol. The minimum atomic E-state index is 0.689. The van der Waals surface area contributed by atoms with Crippen molar-refractivity contribution in [1.82, 2.24) is 19.6 Å². The van der Waals surface area contributed by atoms with Gasteiger partial charge >= 0.3 is 0 Å². The van der Waals surface area contributed by atoms with Crippen LogP contribution < -0.4 is 0 Å². The van der Waals surface area contributed by atoms with Crippen molar-refractivity contribution in [2.75, 3.05) is 65.6 Å². The summed E-state index contributed by atoms with van der Waals surface area (Å²) < 4.78 is 5.21. The summed E-state index contributed by atoms with van der Waals surface area (Å²) in [7, 11) is 0. The average molecular weight is 617 g/mol. The van der Waals surface area contributed by atoms with Gasteiger partial charge in [-0.2, -0.15) is 0 Å². The maximum Gasteiger partial charge on any atom is 0.0594 e. The molecule has 0 unspecified atom stereocenters. The van der Waals surface area contributed by atoms with Crippen LogP contribution in [0.3, 0.4) is 0 Å². The number of likely N-dealkylation sites (tertiary alicyclic amines) is 3. The Morgan fingerprint density at radius 3 is 0.651 bits per heavy atom. The molecule has 4 heterocycles. The van der Waals surface area contributed by atoms with Crippen LogP contribution in [0.4, 0.5) is 0 Å². The van der Waals surface area contributed by atoms with Crippen LogP contribution in [0.25, 0.3) is 0 Å². The van der Waals surface area contributed by atoms with Crippen LogP contribution in [0.5, 0.6) is 0 Å². The Balaban J connectivity index is -0.000000218. The number of ether oxygens (including phenoxy) is 1. The van der Waals surface area contributed by atoms with Gasteiger partial charge in [0, 0.05) is 37.3 Å². The summed E-state index contributed by atoms with van der Waals surface area (Å²) in [6.45, 7) is 46.2. The average Bonchev–Trinajstić information content (AvgIpc) is 3.63. The fraction of sp³-hybridized carbons (Fsp3) is 1.00. The predicted molar refractivity (Wildman–Crippen MR) is 200 cm³/mol. The molecule has 0 radical (unpaired) electrons. The number of morpholine rings is 1. The molecule has 0 saturated carbocycles. The monoisotopic (exact) mass is 617 g/mol. The SMILES string of the molecule is CC.CC.CC.CC.CC(C)N1CCCC1.CC(C)N1CCCCC1.CC(C)N1CCCCC1.CC(C)N1CCOCC1. The van der Waals surface area contributed by atoms with E-state index in [-0.39, 0.29) is 0 Å². The molecule has 0 aromatic carbocycles. The van der Waals surface area contributed by atoms with Crippen molar-refractivity contribution in [3.8, 4) is 0 Å². The zero-order valence-corrected chi connectivity index (χ0v) is 33.2. The second kappa shape index (κ2) is 38.0. The van der Waals surface area contributed by atoms with Gasteiger partial charge in [-0.15, -0.1) is 0 Å². The lowest BCUT2D eigenvalue weighted by Crippen LogP contribution is -2.40. The Morgan fingerprint density at radius 1 is 0.302 bits per heavy atom. The Morgan fingerprint density at radius 2 is 0.488 bits per heavy atom. The molecule has 0 aromatic rings. The zero-order chi connectivity index (χ0) is 34.1. The lowest BCUT2D eigenvalue weighted by molar-refractivity contribution is 0.0238. The highest BCUT2D eigenvalue weighted by atomic mass is 16.5. The molecule has 0 atom stereocenters. The maximum atomic E-state index is 5.21. The van der Waals surface area contributed by atoms with Gasteiger partial charge in [0.25, 0.3) is 0 Å². The Kier molecular flexibility index (Phi) is 43.9. The first-order chi connectivity index (χ1) is 20.7. The van der Waals surface area contributed by atoms with Crippen LogP contribution in [-0.4, -0.2) is 109 Å². The molecular formula is C38H88N4O. The van der Waals surface area contributed by atoms with E-state index in [9.17, 15) is 0 Å². The van der Waals surface area contributed by atoms with E-state index in [1.165, 1.54) is 90.6 Å². The second-order valence-corrected chi connectivity index (χ2v) is 12.0. The summed E-state index contributed by atoms with van der Waals surface area (Å²) in [5.74, 6) is 0. The first kappa shape index (κ1) is 49.7. The third kappa shape index (κ3) is 30.2. The van der Waals surface area contributed by atoms with E-state index in [1.54, 1.807) is 0 Å². The van der Waals surface area contributed by atoms with Crippen molar-refractivity contribution in [2.24, 2.45) is 0 Å². The molecule has 5 heteroatoms. The molecule has 4 rings (SSSR count). The minimum absolute atomic E-state index is 0.689. The van der Waals surface area contributed by atoms with E-state index in [1.807, 2.05) is 55.4 Å². The van der Waals surface area contributed by atoms with Crippen molar-refractivity contribution >= 4 is 0 Å². The van der Waals surface area contributed by atoms with Crippen LogP contribution in [-0.2, 0) is 4.74 Å². The Hall–Kier alpha value is -0.200. The summed E-state index contributed by atoms with van der Waals surface area (Å²) in [4.78, 5) is 10.1. The van der Waals surface area contributed by atoms with Crippen LogP contribution in [0.2, 0.25) is 0 Å². The highest BCUT2D eigenvalue weighted by Crippen LogP contribution is 2.12. The Bertz CT molecular complexity index is 408. The minimum Gasteiger partial charge on any atom is -0.379 e. The molecule has 266 valence electrons. The first-order valence-electron chi connectivity index (χ1n) is 19.3. The molecule has 0 amide bonds. The summed E-state index contributed by atoms with van der Waals surface area (Å²) >= 11 is 0. The lowest BCUT2D eigenvalue weighted by Gasteiger charge is -2.29. The van der Waals surface area contributed by atoms with Crippen molar-refractivity contribution in [1.29, 1.82) is 0 Å². The molecule has 0 spiro atoms. The van der Waals surface area contributed by atoms with Gasteiger partial charge < -0.3 is 19.4 Å². The quantitative estimate of drug-likeness (QED) is 0.313. The van der Waals surface area contributed by atoms with Gasteiger partial charge in [-0.3, -0.25) is 4.90 Å². The molecule has 4 aliphatic heterocycles. The molecule has 4 aliphatic rings. The fourth-order valence-electron chi connectivity index (χ4n) is 5.22. The lowest BCUT2D eigenvalue weighted by atomic mass is 10.1. The smallest absolute Gasteiger partial charge is 0.0594 e. The summed E-state index contributed by atoms with van der Waals surface area (Å²) in [5, 5.41) is 0. The highest BCUT2D eigenvalue weighted by Gasteiger charge is 2.14. The highest BCUT2D eigenvalue weighted by molar-refractivity contribution is 4.69. The number of hydrogen-bond donors (Lipinski definition) is 0. The molecule has 0 N–H and O–H groups in total. The summed E-state index contributed by atoms with van der Waals surface area (Å²) in [6, 6.07) is 3.00. The third-order valence-corrected chi connectivity index (χ3v) is 7.89. The topological polar surface area (TPSA) is 22.2 Å². The van der Waals surface area contributed by atoms with E-state index in [2.05, 4.69) is 75.0 Å². The van der Waals surface area contributed by atoms with E-state index < -0.39 is 0 Å². The van der Waals surface area contributed by atoms with Gasteiger partial charge in [-0.25, -0.2) is 0 Å². The van der Waals surface area contributed by atoms with E-state index in [0.717, 1.165) is 44.4 Å². The predicted octanol–water partition coefficient (Wildman–Crippen LogP) is 10.1. The standard InChI is InChI=1S/2C8H17N.C7H15NO.C7H15N.4C2H6/c2*1-8(2)9-6-4-3-5-7-9;1-7(2)8-3-5-9-6-4-8;1-7(2)8-5-3-4-6-8;4*1-2/h2*8H,3-7H2,1-2H3;7H,3-6H2,1-2H3;7H,3-6H2,1-2H3;4*1-2H3. The van der Waals surface area contributed by atoms with Gasteiger partial charge in [0.05, 0.1) is 13.2 Å². The fourth-order valence-corrected chi connectivity index (χ4v) is 5.22. The molecule has 4 fully saturated rings. The van der Waals surface area contributed by atoms with Crippen LogP contribution in [0, 0.1) is 0 Å². The molecule has 0 bridgehead atoms. The first-order valence-corrected chi connectivity index (χ1v) is 19.3. The zero-order valence-electron chi connectivity index (χ0n) is 33.2. The van der Waals surface area contributed by atoms with Gasteiger partial charge in [0.1, 0.15) is 0 Å². The number of nitrogens with zero attached hydrogens (tertiary/aromatic N) is 4. The van der Waals surface area contributed by atoms with E-state index in [4.69, 9.17) is 4.74 Å². The normalized spacial score (nSPS) is 19.3. The van der Waals surface area contributed by atoms with Crippen LogP contribution in [0.15, 0.2) is 0 Å². The van der Waals surface area contributed by atoms with Gasteiger partial charge in [0.2, 0.25) is 0 Å². The molecule has 0 aliphatic carbocycles. The molecule has 0 aromatic heterocycles. The van der Waals surface area contributed by atoms with Crippen LogP contribution >= 0.6 is 0 Å². The van der Waals surface area contributed by atoms with Crippen LogP contribution in [0.1, 0.15) is 162 Å². The molecule has 4 saturated heterocycles. The number of rotatable bonds is 4. The van der Waals surface area contributed by atoms with Crippen molar-refractivity contribution in [2.45, 2.75) is 186 Å². The molecule has 5 nitrogen and oxygen atoms in total. The largest absolute Gasteiger partial charge is 0.379 e. The number of piperidine rings is 2. The summed E-state index contributed by atoms with van der Waals surface area (Å²) in [6.07, 6.45) is 11.4. The van der Waals surface area contributed by atoms with Crippen molar-refractivity contribution in [3.05, 3.63) is 0 Å². The molecule has 43 heavy (non-hydrogen) atoms. The van der Waals surface area contributed by atoms with Crippen molar-refractivity contribution < 1.29 is 4.74 Å². The second-order valence-electron chi connectivity index (χ2n) is 12.0. The summed E-state index contributed by atoms with van der Waals surface area (Å²) in [5.41, 5.74) is 0. The van der Waals surface area contributed by atoms with Crippen molar-refractivity contribution in [3.63, 3.8) is 0 Å². The van der Waals surface area contributed by atoms with Gasteiger partial charge in [0.15, 0.2) is 0 Å². The van der Waals surface area contributed by atoms with Gasteiger partial charge in [-0.1, -0.05) is 68.2 Å². The maximum absolute atomic E-state index is 5.21. The van der Waals surface area contributed by atoms with E-state index in [0.29, 0.717) is 6.04 Å². The third-order valence-electron chi connectivity index (χ3n) is 7.89. The van der Waals surface area contributed by atoms with Gasteiger partial charge in [-0.05, 0) is 133 Å². The number of hydrogen-bond acceptors (Lipinski definition) is 5. The Labute approximate surface area is 275 Å². The van der Waals surface area contributed by atoms with E-state index >= 15 is 0 Å².